The zero-order chi connectivity index (χ0) is 17.5. The van der Waals surface area contributed by atoms with Crippen molar-refractivity contribution < 1.29 is 5.11 Å². The lowest BCUT2D eigenvalue weighted by Crippen LogP contribution is -2.39. The average Bonchev–Trinajstić information content (AvgIpc) is 2.60. The third kappa shape index (κ3) is 4.83. The molecule has 0 spiro atoms. The van der Waals surface area contributed by atoms with Gasteiger partial charge in [-0.3, -0.25) is 4.99 Å². The molecule has 132 valence electrons. The molecule has 2 aromatic carbocycles. The van der Waals surface area contributed by atoms with Gasteiger partial charge in [-0.05, 0) is 29.9 Å². The van der Waals surface area contributed by atoms with E-state index < -0.39 is 5.60 Å². The molecule has 4 heteroatoms. The van der Waals surface area contributed by atoms with Crippen molar-refractivity contribution >= 4 is 5.96 Å². The first-order valence-corrected chi connectivity index (χ1v) is 9.01. The summed E-state index contributed by atoms with van der Waals surface area (Å²) in [5.74, 6) is 1.13. The maximum atomic E-state index is 11.3. The van der Waals surface area contributed by atoms with E-state index in [9.17, 15) is 5.11 Å². The third-order valence-corrected chi connectivity index (χ3v) is 4.96. The van der Waals surface area contributed by atoms with E-state index in [1.165, 1.54) is 19.3 Å². The van der Waals surface area contributed by atoms with Gasteiger partial charge in [-0.2, -0.15) is 0 Å². The molecule has 1 atom stereocenters. The summed E-state index contributed by atoms with van der Waals surface area (Å²) in [6.07, 6.45) is 4.34. The normalized spacial score (nSPS) is 17.6. The second kappa shape index (κ2) is 8.17. The number of hydrogen-bond donors (Lipinski definition) is 3. The molecular weight excluding hydrogens is 310 g/mol. The van der Waals surface area contributed by atoms with Gasteiger partial charge in [0.05, 0.1) is 6.54 Å². The highest BCUT2D eigenvalue weighted by atomic mass is 16.3. The monoisotopic (exact) mass is 337 g/mol. The predicted molar refractivity (Wildman–Crippen MR) is 102 cm³/mol. The Kier molecular flexibility index (Phi) is 5.71. The molecule has 0 saturated heterocycles. The molecule has 0 heterocycles. The molecule has 0 aromatic heterocycles. The first kappa shape index (κ1) is 17.5. The number of guanidine groups is 1. The molecule has 1 fully saturated rings. The number of nitrogens with one attached hydrogen (secondary N) is 1. The number of aliphatic hydroxyl groups is 1. The van der Waals surface area contributed by atoms with Crippen LogP contribution in [-0.4, -0.2) is 24.2 Å². The summed E-state index contributed by atoms with van der Waals surface area (Å²) in [6.45, 7) is 1.10. The Bertz CT molecular complexity index is 683. The number of benzene rings is 2. The van der Waals surface area contributed by atoms with E-state index in [0.717, 1.165) is 17.7 Å². The largest absolute Gasteiger partial charge is 0.383 e. The molecule has 25 heavy (non-hydrogen) atoms. The van der Waals surface area contributed by atoms with Gasteiger partial charge in [0, 0.05) is 13.0 Å². The Morgan fingerprint density at radius 1 is 1.08 bits per heavy atom. The Labute approximate surface area is 149 Å². The van der Waals surface area contributed by atoms with Crippen molar-refractivity contribution in [1.29, 1.82) is 0 Å². The zero-order valence-electron chi connectivity index (χ0n) is 14.6. The van der Waals surface area contributed by atoms with E-state index in [0.29, 0.717) is 18.3 Å². The van der Waals surface area contributed by atoms with Crippen molar-refractivity contribution in [3.8, 4) is 0 Å². The minimum absolute atomic E-state index is 0.232. The summed E-state index contributed by atoms with van der Waals surface area (Å²) < 4.78 is 0. The van der Waals surface area contributed by atoms with Crippen molar-refractivity contribution in [3.63, 3.8) is 0 Å². The van der Waals surface area contributed by atoms with Crippen LogP contribution >= 0.6 is 0 Å². The molecule has 2 aromatic rings. The fourth-order valence-electron chi connectivity index (χ4n) is 3.15. The van der Waals surface area contributed by atoms with E-state index >= 15 is 0 Å². The Morgan fingerprint density at radius 3 is 2.32 bits per heavy atom. The molecule has 1 aliphatic carbocycles. The third-order valence-electron chi connectivity index (χ3n) is 4.96. The summed E-state index contributed by atoms with van der Waals surface area (Å²) in [7, 11) is 0. The summed E-state index contributed by atoms with van der Waals surface area (Å²) in [4.78, 5) is 4.43. The van der Waals surface area contributed by atoms with Crippen LogP contribution in [0.15, 0.2) is 65.7 Å². The van der Waals surface area contributed by atoms with Gasteiger partial charge < -0.3 is 16.2 Å². The number of rotatable bonds is 7. The average molecular weight is 337 g/mol. The quantitative estimate of drug-likeness (QED) is 0.537. The standard InChI is InChI=1S/C21H27N3O/c22-20(23-15-18-10-7-11-18)24-16-21(25,19-12-5-2-6-13-19)14-17-8-3-1-4-9-17/h1-6,8-9,12-13,18,25H,7,10-11,14-16H2,(H3,22,23,24). The fraction of sp³-hybridized carbons (Fsp3) is 0.381. The second-order valence-electron chi connectivity index (χ2n) is 6.94. The molecule has 1 saturated carbocycles. The molecule has 3 rings (SSSR count). The van der Waals surface area contributed by atoms with Crippen molar-refractivity contribution in [2.24, 2.45) is 16.6 Å². The lowest BCUT2D eigenvalue weighted by atomic mass is 9.85. The molecule has 0 bridgehead atoms. The summed E-state index contributed by atoms with van der Waals surface area (Å²) >= 11 is 0. The van der Waals surface area contributed by atoms with E-state index in [-0.39, 0.29) is 6.54 Å². The van der Waals surface area contributed by atoms with Crippen LogP contribution in [0, 0.1) is 5.92 Å². The first-order chi connectivity index (χ1) is 12.2. The summed E-state index contributed by atoms with van der Waals surface area (Å²) in [5.41, 5.74) is 6.86. The maximum absolute atomic E-state index is 11.3. The molecule has 1 unspecified atom stereocenters. The smallest absolute Gasteiger partial charge is 0.188 e. The molecule has 0 aliphatic heterocycles. The van der Waals surface area contributed by atoms with Gasteiger partial charge in [-0.1, -0.05) is 67.1 Å². The minimum atomic E-state index is -1.08. The van der Waals surface area contributed by atoms with Gasteiger partial charge in [0.15, 0.2) is 5.96 Å². The molecule has 4 nitrogen and oxygen atoms in total. The van der Waals surface area contributed by atoms with Crippen LogP contribution in [0.1, 0.15) is 30.4 Å². The maximum Gasteiger partial charge on any atom is 0.188 e. The first-order valence-electron chi connectivity index (χ1n) is 9.01. The van der Waals surface area contributed by atoms with Gasteiger partial charge in [0.1, 0.15) is 5.60 Å². The second-order valence-corrected chi connectivity index (χ2v) is 6.94. The van der Waals surface area contributed by atoms with Crippen molar-refractivity contribution in [1.82, 2.24) is 5.32 Å². The lowest BCUT2D eigenvalue weighted by molar-refractivity contribution is 0.0467. The van der Waals surface area contributed by atoms with Crippen molar-refractivity contribution in [2.75, 3.05) is 13.1 Å². The molecule has 0 amide bonds. The number of nitrogens with zero attached hydrogens (tertiary/aromatic N) is 1. The van der Waals surface area contributed by atoms with Crippen LogP contribution in [0.3, 0.4) is 0 Å². The molecule has 4 N–H and O–H groups in total. The summed E-state index contributed by atoms with van der Waals surface area (Å²) in [6, 6.07) is 19.7. The highest BCUT2D eigenvalue weighted by Gasteiger charge is 2.29. The van der Waals surface area contributed by atoms with Gasteiger partial charge in [-0.15, -0.1) is 0 Å². The highest BCUT2D eigenvalue weighted by molar-refractivity contribution is 5.77. The predicted octanol–water partition coefficient (Wildman–Crippen LogP) is 2.82. The van der Waals surface area contributed by atoms with Crippen molar-refractivity contribution in [3.05, 3.63) is 71.8 Å². The lowest BCUT2D eigenvalue weighted by Gasteiger charge is -2.28. The Hall–Kier alpha value is -2.33. The SMILES string of the molecule is NC(=NCC(O)(Cc1ccccc1)c1ccccc1)NCC1CCC1. The molecular formula is C21H27N3O. The van der Waals surface area contributed by atoms with Crippen LogP contribution in [0.4, 0.5) is 0 Å². The van der Waals surface area contributed by atoms with Crippen molar-refractivity contribution in [2.45, 2.75) is 31.3 Å². The Balaban J connectivity index is 1.71. The summed E-state index contributed by atoms with van der Waals surface area (Å²) in [5, 5.41) is 14.5. The van der Waals surface area contributed by atoms with E-state index in [4.69, 9.17) is 5.73 Å². The van der Waals surface area contributed by atoms with Crippen LogP contribution in [-0.2, 0) is 12.0 Å². The van der Waals surface area contributed by atoms with Gasteiger partial charge in [0.2, 0.25) is 0 Å². The van der Waals surface area contributed by atoms with E-state index in [1.54, 1.807) is 0 Å². The van der Waals surface area contributed by atoms with E-state index in [1.807, 2.05) is 60.7 Å². The highest BCUT2D eigenvalue weighted by Crippen LogP contribution is 2.27. The van der Waals surface area contributed by atoms with Gasteiger partial charge in [0.25, 0.3) is 0 Å². The van der Waals surface area contributed by atoms with Crippen LogP contribution < -0.4 is 11.1 Å². The minimum Gasteiger partial charge on any atom is -0.383 e. The van der Waals surface area contributed by atoms with Gasteiger partial charge >= 0.3 is 0 Å². The fourth-order valence-corrected chi connectivity index (χ4v) is 3.15. The number of nitrogens with two attached hydrogens (primary N) is 1. The van der Waals surface area contributed by atoms with Crippen LogP contribution in [0.5, 0.6) is 0 Å². The zero-order valence-corrected chi connectivity index (χ0v) is 14.6. The Morgan fingerprint density at radius 2 is 1.72 bits per heavy atom. The van der Waals surface area contributed by atoms with Crippen LogP contribution in [0.2, 0.25) is 0 Å². The van der Waals surface area contributed by atoms with Crippen LogP contribution in [0.25, 0.3) is 0 Å². The van der Waals surface area contributed by atoms with Gasteiger partial charge in [-0.25, -0.2) is 0 Å². The molecule has 0 radical (unpaired) electrons. The van der Waals surface area contributed by atoms with E-state index in [2.05, 4.69) is 10.3 Å². The number of aliphatic imine (C=N–C) groups is 1. The topological polar surface area (TPSA) is 70.6 Å². The molecule has 1 aliphatic rings. The number of hydrogen-bond acceptors (Lipinski definition) is 2.